The van der Waals surface area contributed by atoms with Gasteiger partial charge in [-0.25, -0.2) is 0 Å². The SMILES string of the molecule is CCCC(=O)N1CCN(c2ccncc2OC)CC1. The molecule has 1 aliphatic heterocycles. The average molecular weight is 263 g/mol. The first-order valence-corrected chi connectivity index (χ1v) is 6.77. The molecule has 1 aromatic rings. The molecule has 0 aromatic carbocycles. The van der Waals surface area contributed by atoms with Gasteiger partial charge in [-0.05, 0) is 12.5 Å². The van der Waals surface area contributed by atoms with Gasteiger partial charge in [0.25, 0.3) is 0 Å². The van der Waals surface area contributed by atoms with E-state index in [-0.39, 0.29) is 5.91 Å². The van der Waals surface area contributed by atoms with Gasteiger partial charge >= 0.3 is 0 Å². The van der Waals surface area contributed by atoms with E-state index < -0.39 is 0 Å². The molecular formula is C14H21N3O2. The van der Waals surface area contributed by atoms with E-state index >= 15 is 0 Å². The average Bonchev–Trinajstić information content (AvgIpc) is 2.47. The van der Waals surface area contributed by atoms with Crippen molar-refractivity contribution >= 4 is 11.6 Å². The third-order valence-corrected chi connectivity index (χ3v) is 3.42. The number of anilines is 1. The fourth-order valence-corrected chi connectivity index (χ4v) is 2.36. The molecule has 0 aliphatic carbocycles. The lowest BCUT2D eigenvalue weighted by molar-refractivity contribution is -0.131. The quantitative estimate of drug-likeness (QED) is 0.826. The second-order valence-corrected chi connectivity index (χ2v) is 4.67. The van der Waals surface area contributed by atoms with Gasteiger partial charge in [0.2, 0.25) is 5.91 Å². The predicted molar refractivity (Wildman–Crippen MR) is 74.5 cm³/mol. The summed E-state index contributed by atoms with van der Waals surface area (Å²) >= 11 is 0. The number of carbonyl (C=O) groups is 1. The first-order valence-electron chi connectivity index (χ1n) is 6.77. The Labute approximate surface area is 114 Å². The maximum atomic E-state index is 11.8. The summed E-state index contributed by atoms with van der Waals surface area (Å²) in [7, 11) is 1.65. The molecule has 0 radical (unpaired) electrons. The minimum atomic E-state index is 0.267. The molecule has 0 unspecified atom stereocenters. The largest absolute Gasteiger partial charge is 0.493 e. The fourth-order valence-electron chi connectivity index (χ4n) is 2.36. The fraction of sp³-hybridized carbons (Fsp3) is 0.571. The van der Waals surface area contributed by atoms with E-state index in [9.17, 15) is 4.79 Å². The number of methoxy groups -OCH3 is 1. The predicted octanol–water partition coefficient (Wildman–Crippen LogP) is 1.54. The second kappa shape index (κ2) is 6.41. The van der Waals surface area contributed by atoms with Crippen molar-refractivity contribution in [2.75, 3.05) is 38.2 Å². The van der Waals surface area contributed by atoms with Crippen LogP contribution in [0, 0.1) is 0 Å². The molecule has 1 aliphatic rings. The minimum absolute atomic E-state index is 0.267. The Morgan fingerprint density at radius 3 is 2.74 bits per heavy atom. The van der Waals surface area contributed by atoms with E-state index in [0.717, 1.165) is 44.0 Å². The van der Waals surface area contributed by atoms with E-state index in [1.807, 2.05) is 17.9 Å². The van der Waals surface area contributed by atoms with Crippen molar-refractivity contribution in [1.29, 1.82) is 0 Å². The van der Waals surface area contributed by atoms with Crippen LogP contribution in [-0.2, 0) is 4.79 Å². The van der Waals surface area contributed by atoms with Crippen LogP contribution < -0.4 is 9.64 Å². The molecule has 2 rings (SSSR count). The lowest BCUT2D eigenvalue weighted by Crippen LogP contribution is -2.48. The standard InChI is InChI=1S/C14H21N3O2/c1-3-4-14(18)17-9-7-16(8-10-17)12-5-6-15-11-13(12)19-2/h5-6,11H,3-4,7-10H2,1-2H3. The zero-order valence-corrected chi connectivity index (χ0v) is 11.6. The van der Waals surface area contributed by atoms with Crippen molar-refractivity contribution < 1.29 is 9.53 Å². The van der Waals surface area contributed by atoms with Gasteiger partial charge in [0, 0.05) is 38.8 Å². The van der Waals surface area contributed by atoms with Gasteiger partial charge < -0.3 is 14.5 Å². The number of nitrogens with zero attached hydrogens (tertiary/aromatic N) is 3. The monoisotopic (exact) mass is 263 g/mol. The van der Waals surface area contributed by atoms with Crippen molar-refractivity contribution in [3.05, 3.63) is 18.5 Å². The maximum absolute atomic E-state index is 11.8. The summed E-state index contributed by atoms with van der Waals surface area (Å²) in [6, 6.07) is 1.96. The van der Waals surface area contributed by atoms with Crippen LogP contribution in [-0.4, -0.2) is 49.1 Å². The number of pyridine rings is 1. The van der Waals surface area contributed by atoms with E-state index in [2.05, 4.69) is 9.88 Å². The number of hydrogen-bond acceptors (Lipinski definition) is 4. The molecule has 5 heteroatoms. The Morgan fingerprint density at radius 1 is 1.37 bits per heavy atom. The van der Waals surface area contributed by atoms with Crippen LogP contribution in [0.2, 0.25) is 0 Å². The minimum Gasteiger partial charge on any atom is -0.493 e. The topological polar surface area (TPSA) is 45.7 Å². The Morgan fingerprint density at radius 2 is 2.11 bits per heavy atom. The Kier molecular flexibility index (Phi) is 4.60. The summed E-state index contributed by atoms with van der Waals surface area (Å²) in [4.78, 5) is 20.1. The maximum Gasteiger partial charge on any atom is 0.222 e. The van der Waals surface area contributed by atoms with E-state index in [4.69, 9.17) is 4.74 Å². The van der Waals surface area contributed by atoms with Gasteiger partial charge in [-0.15, -0.1) is 0 Å². The zero-order chi connectivity index (χ0) is 13.7. The van der Waals surface area contributed by atoms with Gasteiger partial charge in [0.1, 0.15) is 0 Å². The Balaban J connectivity index is 1.98. The van der Waals surface area contributed by atoms with Crippen LogP contribution in [0.3, 0.4) is 0 Å². The second-order valence-electron chi connectivity index (χ2n) is 4.67. The molecule has 5 nitrogen and oxygen atoms in total. The number of hydrogen-bond donors (Lipinski definition) is 0. The summed E-state index contributed by atoms with van der Waals surface area (Å²) in [6.07, 6.45) is 5.06. The van der Waals surface area contributed by atoms with Crippen molar-refractivity contribution in [3.63, 3.8) is 0 Å². The van der Waals surface area contributed by atoms with Crippen molar-refractivity contribution in [2.45, 2.75) is 19.8 Å². The molecule has 1 amide bonds. The van der Waals surface area contributed by atoms with Crippen LogP contribution >= 0.6 is 0 Å². The molecule has 1 aromatic heterocycles. The van der Waals surface area contributed by atoms with Crippen molar-refractivity contribution in [1.82, 2.24) is 9.88 Å². The van der Waals surface area contributed by atoms with Crippen LogP contribution in [0.15, 0.2) is 18.5 Å². The Bertz CT molecular complexity index is 428. The molecule has 0 atom stereocenters. The summed E-state index contributed by atoms with van der Waals surface area (Å²) in [5.74, 6) is 1.06. The first kappa shape index (κ1) is 13.6. The lowest BCUT2D eigenvalue weighted by Gasteiger charge is -2.36. The smallest absolute Gasteiger partial charge is 0.222 e. The molecule has 0 spiro atoms. The summed E-state index contributed by atoms with van der Waals surface area (Å²) in [5, 5.41) is 0. The third kappa shape index (κ3) is 3.16. The van der Waals surface area contributed by atoms with Crippen LogP contribution in [0.25, 0.3) is 0 Å². The van der Waals surface area contributed by atoms with Gasteiger partial charge in [-0.1, -0.05) is 6.92 Å². The number of aromatic nitrogens is 1. The van der Waals surface area contributed by atoms with Gasteiger partial charge in [-0.3, -0.25) is 9.78 Å². The summed E-state index contributed by atoms with van der Waals surface area (Å²) in [6.45, 7) is 5.29. The summed E-state index contributed by atoms with van der Waals surface area (Å²) in [5.41, 5.74) is 1.06. The number of ether oxygens (including phenoxy) is 1. The molecule has 0 N–H and O–H groups in total. The molecule has 0 bridgehead atoms. The van der Waals surface area contributed by atoms with Crippen molar-refractivity contribution in [2.24, 2.45) is 0 Å². The number of rotatable bonds is 4. The zero-order valence-electron chi connectivity index (χ0n) is 11.6. The van der Waals surface area contributed by atoms with Crippen molar-refractivity contribution in [3.8, 4) is 5.75 Å². The molecule has 1 fully saturated rings. The molecule has 19 heavy (non-hydrogen) atoms. The third-order valence-electron chi connectivity index (χ3n) is 3.42. The van der Waals surface area contributed by atoms with E-state index in [1.54, 1.807) is 19.5 Å². The highest BCUT2D eigenvalue weighted by Crippen LogP contribution is 2.27. The van der Waals surface area contributed by atoms with E-state index in [1.165, 1.54) is 0 Å². The van der Waals surface area contributed by atoms with Crippen LogP contribution in [0.4, 0.5) is 5.69 Å². The normalized spacial score (nSPS) is 15.5. The highest BCUT2D eigenvalue weighted by atomic mass is 16.5. The van der Waals surface area contributed by atoms with Crippen LogP contribution in [0.5, 0.6) is 5.75 Å². The molecule has 2 heterocycles. The first-order chi connectivity index (χ1) is 9.26. The van der Waals surface area contributed by atoms with Gasteiger partial charge in [-0.2, -0.15) is 0 Å². The van der Waals surface area contributed by atoms with Gasteiger partial charge in [0.05, 0.1) is 19.0 Å². The number of piperazine rings is 1. The summed E-state index contributed by atoms with van der Waals surface area (Å²) < 4.78 is 5.33. The van der Waals surface area contributed by atoms with Crippen LogP contribution in [0.1, 0.15) is 19.8 Å². The molecular weight excluding hydrogens is 242 g/mol. The van der Waals surface area contributed by atoms with E-state index in [0.29, 0.717) is 6.42 Å². The van der Waals surface area contributed by atoms with Gasteiger partial charge in [0.15, 0.2) is 5.75 Å². The molecule has 1 saturated heterocycles. The number of amides is 1. The Hall–Kier alpha value is -1.78. The highest BCUT2D eigenvalue weighted by Gasteiger charge is 2.22. The molecule has 104 valence electrons. The highest BCUT2D eigenvalue weighted by molar-refractivity contribution is 5.76. The molecule has 0 saturated carbocycles. The lowest BCUT2D eigenvalue weighted by atomic mass is 10.2. The number of carbonyl (C=O) groups excluding carboxylic acids is 1.